The van der Waals surface area contributed by atoms with E-state index in [1.54, 1.807) is 11.0 Å². The Kier molecular flexibility index (Phi) is 4.34. The molecule has 1 aliphatic heterocycles. The number of hydrogen-bond donors (Lipinski definition) is 1. The van der Waals surface area contributed by atoms with Crippen LogP contribution in [-0.2, 0) is 4.74 Å². The SMILES string of the molecule is CC1CC(c2ccc(N)nn2)CCN1C(=O)OC(C)(C)C. The highest BCUT2D eigenvalue weighted by Gasteiger charge is 2.32. The number of hydrogen-bond acceptors (Lipinski definition) is 5. The Morgan fingerprint density at radius 3 is 2.62 bits per heavy atom. The van der Waals surface area contributed by atoms with Crippen molar-refractivity contribution in [1.82, 2.24) is 15.1 Å². The number of anilines is 1. The van der Waals surface area contributed by atoms with Gasteiger partial charge in [0.05, 0.1) is 5.69 Å². The largest absolute Gasteiger partial charge is 0.444 e. The van der Waals surface area contributed by atoms with Crippen molar-refractivity contribution in [1.29, 1.82) is 0 Å². The van der Waals surface area contributed by atoms with Gasteiger partial charge in [0.1, 0.15) is 11.4 Å². The molecule has 6 nitrogen and oxygen atoms in total. The molecule has 0 saturated carbocycles. The number of piperidine rings is 1. The van der Waals surface area contributed by atoms with Gasteiger partial charge in [0.15, 0.2) is 0 Å². The summed E-state index contributed by atoms with van der Waals surface area (Å²) in [6, 6.07) is 3.81. The molecule has 2 unspecified atom stereocenters. The average Bonchev–Trinajstić information content (AvgIpc) is 2.37. The highest BCUT2D eigenvalue weighted by atomic mass is 16.6. The molecule has 116 valence electrons. The van der Waals surface area contributed by atoms with E-state index in [1.807, 2.05) is 33.8 Å². The molecule has 0 aromatic carbocycles. The lowest BCUT2D eigenvalue weighted by Gasteiger charge is -2.38. The molecule has 1 amide bonds. The molecule has 2 rings (SSSR count). The third-order valence-electron chi connectivity index (χ3n) is 3.63. The minimum atomic E-state index is -0.462. The first kappa shape index (κ1) is 15.5. The van der Waals surface area contributed by atoms with E-state index >= 15 is 0 Å². The van der Waals surface area contributed by atoms with Crippen LogP contribution in [-0.4, -0.2) is 39.4 Å². The van der Waals surface area contributed by atoms with E-state index in [0.717, 1.165) is 18.5 Å². The van der Waals surface area contributed by atoms with Crippen molar-refractivity contribution >= 4 is 11.9 Å². The normalized spacial score (nSPS) is 23.0. The second-order valence-corrected chi connectivity index (χ2v) is 6.63. The maximum absolute atomic E-state index is 12.2. The Labute approximate surface area is 125 Å². The van der Waals surface area contributed by atoms with Crippen LogP contribution in [0.3, 0.4) is 0 Å². The number of aromatic nitrogens is 2. The monoisotopic (exact) mass is 292 g/mol. The zero-order valence-corrected chi connectivity index (χ0v) is 13.2. The Morgan fingerprint density at radius 1 is 1.38 bits per heavy atom. The molecular weight excluding hydrogens is 268 g/mol. The number of likely N-dealkylation sites (tertiary alicyclic amines) is 1. The zero-order chi connectivity index (χ0) is 15.6. The van der Waals surface area contributed by atoms with Crippen LogP contribution in [0, 0.1) is 0 Å². The fraction of sp³-hybridized carbons (Fsp3) is 0.667. The summed E-state index contributed by atoms with van der Waals surface area (Å²) in [5, 5.41) is 8.06. The summed E-state index contributed by atoms with van der Waals surface area (Å²) < 4.78 is 5.45. The standard InChI is InChI=1S/C15H24N4O2/c1-10-9-11(12-5-6-13(16)18-17-12)7-8-19(10)14(20)21-15(2,3)4/h5-6,10-11H,7-9H2,1-4H3,(H2,16,18). The molecule has 1 aromatic heterocycles. The zero-order valence-electron chi connectivity index (χ0n) is 13.2. The maximum Gasteiger partial charge on any atom is 0.410 e. The smallest absolute Gasteiger partial charge is 0.410 e. The molecule has 1 saturated heterocycles. The van der Waals surface area contributed by atoms with Crippen molar-refractivity contribution in [2.45, 2.75) is 58.1 Å². The van der Waals surface area contributed by atoms with Crippen molar-refractivity contribution < 1.29 is 9.53 Å². The van der Waals surface area contributed by atoms with Crippen LogP contribution in [0.4, 0.5) is 10.6 Å². The molecule has 1 fully saturated rings. The van der Waals surface area contributed by atoms with Crippen LogP contribution < -0.4 is 5.73 Å². The molecule has 1 aliphatic rings. The summed E-state index contributed by atoms with van der Waals surface area (Å²) in [7, 11) is 0. The third kappa shape index (κ3) is 4.06. The second kappa shape index (κ2) is 5.87. The van der Waals surface area contributed by atoms with Gasteiger partial charge in [-0.3, -0.25) is 0 Å². The number of nitrogen functional groups attached to an aromatic ring is 1. The molecule has 0 spiro atoms. The van der Waals surface area contributed by atoms with Crippen LogP contribution in [0.1, 0.15) is 52.1 Å². The van der Waals surface area contributed by atoms with Gasteiger partial charge < -0.3 is 15.4 Å². The van der Waals surface area contributed by atoms with Crippen molar-refractivity contribution in [2.75, 3.05) is 12.3 Å². The van der Waals surface area contributed by atoms with E-state index in [0.29, 0.717) is 18.3 Å². The molecule has 0 aliphatic carbocycles. The lowest BCUT2D eigenvalue weighted by molar-refractivity contribution is 0.0102. The lowest BCUT2D eigenvalue weighted by atomic mass is 9.89. The lowest BCUT2D eigenvalue weighted by Crippen LogP contribution is -2.46. The van der Waals surface area contributed by atoms with E-state index in [2.05, 4.69) is 10.2 Å². The van der Waals surface area contributed by atoms with Crippen LogP contribution >= 0.6 is 0 Å². The van der Waals surface area contributed by atoms with E-state index in [-0.39, 0.29) is 12.1 Å². The molecular formula is C15H24N4O2. The fourth-order valence-corrected chi connectivity index (χ4v) is 2.60. The summed E-state index contributed by atoms with van der Waals surface area (Å²) in [6.07, 6.45) is 1.48. The first-order valence-electron chi connectivity index (χ1n) is 7.35. The molecule has 2 N–H and O–H groups in total. The number of ether oxygens (including phenoxy) is 1. The molecule has 2 heterocycles. The number of amides is 1. The Morgan fingerprint density at radius 2 is 2.10 bits per heavy atom. The summed E-state index contributed by atoms with van der Waals surface area (Å²) in [6.45, 7) is 8.36. The van der Waals surface area contributed by atoms with Gasteiger partial charge in [-0.15, -0.1) is 5.10 Å². The van der Waals surface area contributed by atoms with Gasteiger partial charge in [-0.1, -0.05) is 0 Å². The minimum Gasteiger partial charge on any atom is -0.444 e. The predicted octanol–water partition coefficient (Wildman–Crippen LogP) is 2.56. The van der Waals surface area contributed by atoms with Gasteiger partial charge >= 0.3 is 6.09 Å². The highest BCUT2D eigenvalue weighted by molar-refractivity contribution is 5.68. The Bertz CT molecular complexity index is 495. The van der Waals surface area contributed by atoms with Gasteiger partial charge in [-0.2, -0.15) is 5.10 Å². The number of nitrogens with zero attached hydrogens (tertiary/aromatic N) is 3. The molecule has 21 heavy (non-hydrogen) atoms. The predicted molar refractivity (Wildman–Crippen MR) is 80.8 cm³/mol. The fourth-order valence-electron chi connectivity index (χ4n) is 2.60. The van der Waals surface area contributed by atoms with Crippen LogP contribution in [0.5, 0.6) is 0 Å². The molecule has 1 aromatic rings. The quantitative estimate of drug-likeness (QED) is 0.860. The van der Waals surface area contributed by atoms with E-state index in [9.17, 15) is 4.79 Å². The summed E-state index contributed by atoms with van der Waals surface area (Å²) in [5.41, 5.74) is 6.04. The average molecular weight is 292 g/mol. The first-order valence-corrected chi connectivity index (χ1v) is 7.35. The Balaban J connectivity index is 1.99. The topological polar surface area (TPSA) is 81.3 Å². The summed E-state index contributed by atoms with van der Waals surface area (Å²) in [4.78, 5) is 14.0. The summed E-state index contributed by atoms with van der Waals surface area (Å²) in [5.74, 6) is 0.741. The van der Waals surface area contributed by atoms with Gasteiger partial charge in [0, 0.05) is 18.5 Å². The van der Waals surface area contributed by atoms with Crippen molar-refractivity contribution in [3.8, 4) is 0 Å². The van der Waals surface area contributed by atoms with Crippen LogP contribution in [0.15, 0.2) is 12.1 Å². The van der Waals surface area contributed by atoms with Gasteiger partial charge in [0.25, 0.3) is 0 Å². The van der Waals surface area contributed by atoms with Crippen molar-refractivity contribution in [3.63, 3.8) is 0 Å². The molecule has 0 radical (unpaired) electrons. The van der Waals surface area contributed by atoms with Gasteiger partial charge in [0.2, 0.25) is 0 Å². The van der Waals surface area contributed by atoms with Crippen molar-refractivity contribution in [3.05, 3.63) is 17.8 Å². The molecule has 0 bridgehead atoms. The maximum atomic E-state index is 12.2. The van der Waals surface area contributed by atoms with E-state index < -0.39 is 5.60 Å². The van der Waals surface area contributed by atoms with Crippen molar-refractivity contribution in [2.24, 2.45) is 0 Å². The van der Waals surface area contributed by atoms with E-state index in [1.165, 1.54) is 0 Å². The number of carbonyl (C=O) groups excluding carboxylic acids is 1. The third-order valence-corrected chi connectivity index (χ3v) is 3.63. The Hall–Kier alpha value is -1.85. The second-order valence-electron chi connectivity index (χ2n) is 6.63. The van der Waals surface area contributed by atoms with Gasteiger partial charge in [-0.05, 0) is 52.7 Å². The number of nitrogens with two attached hydrogens (primary N) is 1. The van der Waals surface area contributed by atoms with E-state index in [4.69, 9.17) is 10.5 Å². The number of rotatable bonds is 1. The molecule has 6 heteroatoms. The van der Waals surface area contributed by atoms with Gasteiger partial charge in [-0.25, -0.2) is 4.79 Å². The molecule has 2 atom stereocenters. The summed E-state index contributed by atoms with van der Waals surface area (Å²) >= 11 is 0. The van der Waals surface area contributed by atoms with Crippen LogP contribution in [0.25, 0.3) is 0 Å². The highest BCUT2D eigenvalue weighted by Crippen LogP contribution is 2.31. The first-order chi connectivity index (χ1) is 9.76. The minimum absolute atomic E-state index is 0.123. The van der Waals surface area contributed by atoms with Crippen LogP contribution in [0.2, 0.25) is 0 Å². The number of carbonyl (C=O) groups is 1.